The maximum Gasteiger partial charge on any atom is 0.319 e. The van der Waals surface area contributed by atoms with Crippen LogP contribution in [0.3, 0.4) is 0 Å². The first-order valence-electron chi connectivity index (χ1n) is 12.5. The molecule has 2 aliphatic rings. The van der Waals surface area contributed by atoms with Crippen molar-refractivity contribution in [3.63, 3.8) is 0 Å². The molecule has 1 saturated carbocycles. The maximum atomic E-state index is 11.2. The van der Waals surface area contributed by atoms with Gasteiger partial charge in [0.15, 0.2) is 0 Å². The lowest BCUT2D eigenvalue weighted by molar-refractivity contribution is -0.140. The molecule has 1 fully saturated rings. The molecule has 0 bridgehead atoms. The summed E-state index contributed by atoms with van der Waals surface area (Å²) < 4.78 is 10.5. The van der Waals surface area contributed by atoms with Gasteiger partial charge in [0, 0.05) is 0 Å². The first-order chi connectivity index (χ1) is 15.9. The zero-order valence-electron chi connectivity index (χ0n) is 20.0. The van der Waals surface area contributed by atoms with E-state index in [1.165, 1.54) is 12.7 Å². The monoisotopic (exact) mass is 463 g/mol. The van der Waals surface area contributed by atoms with E-state index in [1.54, 1.807) is 0 Å². The van der Waals surface area contributed by atoms with E-state index in [1.807, 2.05) is 12.1 Å². The maximum absolute atomic E-state index is 11.2. The van der Waals surface area contributed by atoms with E-state index in [-0.39, 0.29) is 31.3 Å². The molecule has 0 aromatic heterocycles. The molecule has 0 saturated heterocycles. The number of ether oxygens (including phenoxy) is 2. The Labute approximate surface area is 197 Å². The van der Waals surface area contributed by atoms with Gasteiger partial charge in [0.1, 0.15) is 18.6 Å². The van der Waals surface area contributed by atoms with E-state index in [2.05, 4.69) is 23.0 Å². The number of fused-ring (bicyclic) bond motifs is 2. The second-order valence-electron chi connectivity index (χ2n) is 9.70. The van der Waals surface area contributed by atoms with Crippen LogP contribution in [0.25, 0.3) is 0 Å². The minimum Gasteiger partial charge on any atom is -0.489 e. The number of aliphatic hydroxyl groups excluding tert-OH is 3. The SMILES string of the molecule is CCCCC[C@@H](O)CC[C@@H]1[C@H]2Cc3cccc(OCC(O)NCC(=O)OC)c3C[C@H]2C[C@H]1O. The van der Waals surface area contributed by atoms with Gasteiger partial charge in [0.2, 0.25) is 0 Å². The number of benzene rings is 1. The molecule has 7 nitrogen and oxygen atoms in total. The Morgan fingerprint density at radius 2 is 2.03 bits per heavy atom. The predicted octanol–water partition coefficient (Wildman–Crippen LogP) is 2.58. The summed E-state index contributed by atoms with van der Waals surface area (Å²) in [7, 11) is 1.30. The fourth-order valence-corrected chi connectivity index (χ4v) is 5.60. The number of nitrogens with one attached hydrogen (secondary N) is 1. The van der Waals surface area contributed by atoms with Crippen LogP contribution in [0.1, 0.15) is 63.0 Å². The van der Waals surface area contributed by atoms with Gasteiger partial charge in [-0.1, -0.05) is 38.3 Å². The number of hydrogen-bond acceptors (Lipinski definition) is 7. The van der Waals surface area contributed by atoms with Crippen LogP contribution >= 0.6 is 0 Å². The fraction of sp³-hybridized carbons (Fsp3) is 0.731. The Morgan fingerprint density at radius 3 is 2.79 bits per heavy atom. The average Bonchev–Trinajstić information content (AvgIpc) is 3.12. The topological polar surface area (TPSA) is 108 Å². The lowest BCUT2D eigenvalue weighted by Gasteiger charge is -2.32. The van der Waals surface area contributed by atoms with Gasteiger partial charge in [-0.2, -0.15) is 0 Å². The Kier molecular flexibility index (Phi) is 9.98. The van der Waals surface area contributed by atoms with Crippen LogP contribution in [0.2, 0.25) is 0 Å². The van der Waals surface area contributed by atoms with E-state index in [4.69, 9.17) is 4.74 Å². The first kappa shape index (κ1) is 25.9. The van der Waals surface area contributed by atoms with Gasteiger partial charge >= 0.3 is 5.97 Å². The van der Waals surface area contributed by atoms with Crippen LogP contribution in [0.5, 0.6) is 5.75 Å². The summed E-state index contributed by atoms with van der Waals surface area (Å²) >= 11 is 0. The molecule has 0 spiro atoms. The molecular formula is C26H41NO6. The molecule has 0 heterocycles. The summed E-state index contributed by atoms with van der Waals surface area (Å²) in [6.07, 6.45) is 6.89. The Morgan fingerprint density at radius 1 is 1.21 bits per heavy atom. The third-order valence-corrected chi connectivity index (χ3v) is 7.43. The molecule has 33 heavy (non-hydrogen) atoms. The van der Waals surface area contributed by atoms with Crippen LogP contribution in [-0.4, -0.2) is 60.0 Å². The van der Waals surface area contributed by atoms with Gasteiger partial charge in [-0.15, -0.1) is 0 Å². The van der Waals surface area contributed by atoms with Gasteiger partial charge in [0.25, 0.3) is 0 Å². The molecule has 4 N–H and O–H groups in total. The highest BCUT2D eigenvalue weighted by Crippen LogP contribution is 2.48. The Bertz CT molecular complexity index is 756. The van der Waals surface area contributed by atoms with Crippen LogP contribution in [0.4, 0.5) is 0 Å². The number of hydrogen-bond donors (Lipinski definition) is 4. The number of carbonyl (C=O) groups is 1. The van der Waals surface area contributed by atoms with Gasteiger partial charge < -0.3 is 24.8 Å². The molecule has 0 aliphatic heterocycles. The van der Waals surface area contributed by atoms with Crippen LogP contribution in [0.15, 0.2) is 18.2 Å². The molecular weight excluding hydrogens is 422 g/mol. The number of esters is 1. The van der Waals surface area contributed by atoms with Gasteiger partial charge in [-0.25, -0.2) is 0 Å². The minimum atomic E-state index is -0.974. The second-order valence-corrected chi connectivity index (χ2v) is 9.70. The van der Waals surface area contributed by atoms with Crippen LogP contribution in [-0.2, 0) is 22.4 Å². The first-order valence-corrected chi connectivity index (χ1v) is 12.5. The van der Waals surface area contributed by atoms with Gasteiger partial charge in [-0.3, -0.25) is 10.1 Å². The van der Waals surface area contributed by atoms with Crippen molar-refractivity contribution in [2.45, 2.75) is 83.1 Å². The largest absolute Gasteiger partial charge is 0.489 e. The summed E-state index contributed by atoms with van der Waals surface area (Å²) in [5.74, 6) is 1.38. The van der Waals surface area contributed by atoms with E-state index in [0.717, 1.165) is 69.1 Å². The highest BCUT2D eigenvalue weighted by atomic mass is 16.5. The lowest BCUT2D eigenvalue weighted by atomic mass is 9.73. The van der Waals surface area contributed by atoms with E-state index < -0.39 is 12.2 Å². The number of rotatable bonds is 13. The van der Waals surface area contributed by atoms with Crippen molar-refractivity contribution < 1.29 is 29.6 Å². The molecule has 7 heteroatoms. The van der Waals surface area contributed by atoms with Crippen molar-refractivity contribution in [2.24, 2.45) is 17.8 Å². The Hall–Kier alpha value is -1.67. The summed E-state index contributed by atoms with van der Waals surface area (Å²) in [6.45, 7) is 2.12. The van der Waals surface area contributed by atoms with E-state index in [0.29, 0.717) is 11.8 Å². The van der Waals surface area contributed by atoms with Gasteiger partial charge in [-0.05, 0) is 73.5 Å². The highest BCUT2D eigenvalue weighted by Gasteiger charge is 2.44. The van der Waals surface area contributed by atoms with Crippen molar-refractivity contribution in [3.8, 4) is 5.75 Å². The van der Waals surface area contributed by atoms with Crippen molar-refractivity contribution >= 4 is 5.97 Å². The molecule has 0 amide bonds. The summed E-state index contributed by atoms with van der Waals surface area (Å²) in [5.41, 5.74) is 2.40. The van der Waals surface area contributed by atoms with Crippen LogP contribution < -0.4 is 10.1 Å². The second kappa shape index (κ2) is 12.7. The molecule has 0 radical (unpaired) electrons. The molecule has 3 rings (SSSR count). The zero-order chi connectivity index (χ0) is 23.8. The number of unbranched alkanes of at least 4 members (excludes halogenated alkanes) is 2. The predicted molar refractivity (Wildman–Crippen MR) is 126 cm³/mol. The third-order valence-electron chi connectivity index (χ3n) is 7.43. The summed E-state index contributed by atoms with van der Waals surface area (Å²) in [4.78, 5) is 11.2. The van der Waals surface area contributed by atoms with Crippen molar-refractivity contribution in [3.05, 3.63) is 29.3 Å². The van der Waals surface area contributed by atoms with Crippen molar-refractivity contribution in [2.75, 3.05) is 20.3 Å². The van der Waals surface area contributed by atoms with E-state index >= 15 is 0 Å². The van der Waals surface area contributed by atoms with Crippen molar-refractivity contribution in [1.29, 1.82) is 0 Å². The number of methoxy groups -OCH3 is 1. The highest BCUT2D eigenvalue weighted by molar-refractivity contribution is 5.71. The fourth-order valence-electron chi connectivity index (χ4n) is 5.60. The normalized spacial score (nSPS) is 25.7. The summed E-state index contributed by atoms with van der Waals surface area (Å²) in [6, 6.07) is 6.02. The van der Waals surface area contributed by atoms with E-state index in [9.17, 15) is 20.1 Å². The van der Waals surface area contributed by atoms with Crippen LogP contribution in [0, 0.1) is 17.8 Å². The number of carbonyl (C=O) groups excluding carboxylic acids is 1. The number of aliphatic hydroxyl groups is 3. The standard InChI is InChI=1S/C26H41NO6/c1-3-4-5-8-19(28)10-11-20-21-12-17-7-6-9-24(22(17)13-18(21)14-23(20)29)33-16-25(30)27-15-26(31)32-2/h6-7,9,18-21,23,25,27-30H,3-5,8,10-16H2,1-2H3/t18-,19+,20+,21-,23+,25?/m0/s1. The smallest absolute Gasteiger partial charge is 0.319 e. The zero-order valence-corrected chi connectivity index (χ0v) is 20.0. The quantitative estimate of drug-likeness (QED) is 0.202. The molecule has 6 atom stereocenters. The van der Waals surface area contributed by atoms with Gasteiger partial charge in [0.05, 0.1) is 25.9 Å². The average molecular weight is 464 g/mol. The molecule has 1 aromatic rings. The molecule has 2 aliphatic carbocycles. The third kappa shape index (κ3) is 7.15. The van der Waals surface area contributed by atoms with Crippen molar-refractivity contribution in [1.82, 2.24) is 5.32 Å². The molecule has 1 unspecified atom stereocenters. The minimum absolute atomic E-state index is 0.0305. The summed E-state index contributed by atoms with van der Waals surface area (Å²) in [5, 5.41) is 33.9. The Balaban J connectivity index is 1.56. The molecule has 186 valence electrons. The lowest BCUT2D eigenvalue weighted by Crippen LogP contribution is -2.38. The molecule has 1 aromatic carbocycles.